The van der Waals surface area contributed by atoms with E-state index in [-0.39, 0.29) is 11.9 Å². The Morgan fingerprint density at radius 2 is 2.19 bits per heavy atom. The summed E-state index contributed by atoms with van der Waals surface area (Å²) >= 11 is 0. The molecule has 3 nitrogen and oxygen atoms in total. The van der Waals surface area contributed by atoms with Gasteiger partial charge in [0.15, 0.2) is 0 Å². The highest BCUT2D eigenvalue weighted by molar-refractivity contribution is 5.20. The largest absolute Gasteiger partial charge is 0.313 e. The second kappa shape index (κ2) is 7.87. The molecule has 21 heavy (non-hydrogen) atoms. The van der Waals surface area contributed by atoms with Crippen LogP contribution in [0.2, 0.25) is 0 Å². The third-order valence-electron chi connectivity index (χ3n) is 4.67. The molecule has 1 aliphatic heterocycles. The van der Waals surface area contributed by atoms with Crippen LogP contribution in [0.4, 0.5) is 4.39 Å². The Morgan fingerprint density at radius 1 is 1.38 bits per heavy atom. The molecule has 0 spiro atoms. The fourth-order valence-electron chi connectivity index (χ4n) is 3.17. The molecule has 1 aliphatic rings. The van der Waals surface area contributed by atoms with Gasteiger partial charge in [-0.1, -0.05) is 19.1 Å². The standard InChI is InChI=1S/C17H28FN3/c1-4-16-13-21(11-10-20(16)3)9-8-17(19-2)14-6-5-7-15(18)12-14/h5-7,12,16-17,19H,4,8-11,13H2,1-3H3. The van der Waals surface area contributed by atoms with Crippen molar-refractivity contribution in [2.75, 3.05) is 40.3 Å². The molecule has 0 radical (unpaired) electrons. The molecular formula is C17H28FN3. The van der Waals surface area contributed by atoms with Gasteiger partial charge in [0, 0.05) is 38.3 Å². The maximum absolute atomic E-state index is 13.4. The first-order chi connectivity index (χ1) is 10.1. The smallest absolute Gasteiger partial charge is 0.123 e. The highest BCUT2D eigenvalue weighted by Crippen LogP contribution is 2.19. The van der Waals surface area contributed by atoms with Gasteiger partial charge >= 0.3 is 0 Å². The fraction of sp³-hybridized carbons (Fsp3) is 0.647. The van der Waals surface area contributed by atoms with Crippen LogP contribution in [-0.2, 0) is 0 Å². The lowest BCUT2D eigenvalue weighted by Crippen LogP contribution is -2.51. The number of rotatable bonds is 6. The molecule has 1 saturated heterocycles. The van der Waals surface area contributed by atoms with Gasteiger partial charge in [-0.3, -0.25) is 0 Å². The summed E-state index contributed by atoms with van der Waals surface area (Å²) in [7, 11) is 4.17. The zero-order valence-corrected chi connectivity index (χ0v) is 13.5. The van der Waals surface area contributed by atoms with Crippen molar-refractivity contribution in [3.63, 3.8) is 0 Å². The number of piperazine rings is 1. The number of nitrogens with zero attached hydrogens (tertiary/aromatic N) is 2. The van der Waals surface area contributed by atoms with Crippen LogP contribution in [0.3, 0.4) is 0 Å². The molecule has 1 aromatic rings. The Bertz CT molecular complexity index is 438. The van der Waals surface area contributed by atoms with Crippen molar-refractivity contribution in [1.29, 1.82) is 0 Å². The van der Waals surface area contributed by atoms with Crippen LogP contribution in [0.1, 0.15) is 31.4 Å². The molecule has 1 aromatic carbocycles. The van der Waals surface area contributed by atoms with Gasteiger partial charge in [0.1, 0.15) is 5.82 Å². The van der Waals surface area contributed by atoms with E-state index in [0.29, 0.717) is 6.04 Å². The molecule has 0 bridgehead atoms. The van der Waals surface area contributed by atoms with Crippen molar-refractivity contribution >= 4 is 0 Å². The third-order valence-corrected chi connectivity index (χ3v) is 4.67. The van der Waals surface area contributed by atoms with Gasteiger partial charge in [0.2, 0.25) is 0 Å². The van der Waals surface area contributed by atoms with E-state index in [0.717, 1.165) is 38.2 Å². The Labute approximate surface area is 128 Å². The number of hydrogen-bond donors (Lipinski definition) is 1. The van der Waals surface area contributed by atoms with Gasteiger partial charge < -0.3 is 15.1 Å². The Kier molecular flexibility index (Phi) is 6.15. The molecule has 1 N–H and O–H groups in total. The molecule has 2 unspecified atom stereocenters. The lowest BCUT2D eigenvalue weighted by molar-refractivity contribution is 0.0904. The van der Waals surface area contributed by atoms with Crippen LogP contribution < -0.4 is 5.32 Å². The van der Waals surface area contributed by atoms with Crippen LogP contribution in [0.25, 0.3) is 0 Å². The summed E-state index contributed by atoms with van der Waals surface area (Å²) in [6.07, 6.45) is 2.21. The molecule has 1 fully saturated rings. The second-order valence-electron chi connectivity index (χ2n) is 6.03. The molecule has 118 valence electrons. The second-order valence-corrected chi connectivity index (χ2v) is 6.03. The van der Waals surface area contributed by atoms with Crippen molar-refractivity contribution in [1.82, 2.24) is 15.1 Å². The number of nitrogens with one attached hydrogen (secondary N) is 1. The maximum Gasteiger partial charge on any atom is 0.123 e. The fourth-order valence-corrected chi connectivity index (χ4v) is 3.17. The molecule has 0 amide bonds. The lowest BCUT2D eigenvalue weighted by atomic mass is 10.0. The van der Waals surface area contributed by atoms with E-state index in [9.17, 15) is 4.39 Å². The van der Waals surface area contributed by atoms with Crippen LogP contribution in [0, 0.1) is 5.82 Å². The zero-order chi connectivity index (χ0) is 15.2. The van der Waals surface area contributed by atoms with Gasteiger partial charge in [-0.05, 0) is 44.6 Å². The van der Waals surface area contributed by atoms with Crippen molar-refractivity contribution < 1.29 is 4.39 Å². The predicted molar refractivity (Wildman–Crippen MR) is 86.0 cm³/mol. The summed E-state index contributed by atoms with van der Waals surface area (Å²) in [5, 5.41) is 3.32. The van der Waals surface area contributed by atoms with E-state index in [2.05, 4.69) is 29.1 Å². The van der Waals surface area contributed by atoms with E-state index in [1.165, 1.54) is 12.5 Å². The zero-order valence-electron chi connectivity index (χ0n) is 13.5. The van der Waals surface area contributed by atoms with Crippen LogP contribution in [0.5, 0.6) is 0 Å². The average molecular weight is 293 g/mol. The molecule has 1 heterocycles. The summed E-state index contributed by atoms with van der Waals surface area (Å²) in [5.74, 6) is -0.154. The highest BCUT2D eigenvalue weighted by Gasteiger charge is 2.23. The first kappa shape index (κ1) is 16.4. The molecule has 0 aromatic heterocycles. The monoisotopic (exact) mass is 293 g/mol. The topological polar surface area (TPSA) is 18.5 Å². The number of hydrogen-bond acceptors (Lipinski definition) is 3. The van der Waals surface area contributed by atoms with Crippen molar-refractivity contribution in [2.45, 2.75) is 31.8 Å². The third kappa shape index (κ3) is 4.50. The Morgan fingerprint density at radius 3 is 2.86 bits per heavy atom. The minimum atomic E-state index is -0.154. The number of halogens is 1. The van der Waals surface area contributed by atoms with E-state index in [4.69, 9.17) is 0 Å². The quantitative estimate of drug-likeness (QED) is 0.869. The molecule has 4 heteroatoms. The minimum absolute atomic E-state index is 0.154. The summed E-state index contributed by atoms with van der Waals surface area (Å²) < 4.78 is 13.4. The maximum atomic E-state index is 13.4. The summed E-state index contributed by atoms with van der Waals surface area (Å²) in [5.41, 5.74) is 1.04. The molecule has 2 rings (SSSR count). The first-order valence-electron chi connectivity index (χ1n) is 7.99. The average Bonchev–Trinajstić information content (AvgIpc) is 2.49. The van der Waals surface area contributed by atoms with Crippen LogP contribution in [-0.4, -0.2) is 56.1 Å². The van der Waals surface area contributed by atoms with Crippen LogP contribution in [0.15, 0.2) is 24.3 Å². The Balaban J connectivity index is 1.88. The van der Waals surface area contributed by atoms with Gasteiger partial charge in [0.25, 0.3) is 0 Å². The van der Waals surface area contributed by atoms with Gasteiger partial charge in [0.05, 0.1) is 0 Å². The van der Waals surface area contributed by atoms with Gasteiger partial charge in [-0.15, -0.1) is 0 Å². The summed E-state index contributed by atoms with van der Waals surface area (Å²) in [4.78, 5) is 5.00. The molecular weight excluding hydrogens is 265 g/mol. The van der Waals surface area contributed by atoms with Gasteiger partial charge in [-0.25, -0.2) is 4.39 Å². The predicted octanol–water partition coefficient (Wildman–Crippen LogP) is 2.50. The van der Waals surface area contributed by atoms with Gasteiger partial charge in [-0.2, -0.15) is 0 Å². The lowest BCUT2D eigenvalue weighted by Gasteiger charge is -2.39. The number of benzene rings is 1. The highest BCUT2D eigenvalue weighted by atomic mass is 19.1. The normalized spacial score (nSPS) is 22.4. The summed E-state index contributed by atoms with van der Waals surface area (Å²) in [6.45, 7) is 6.74. The van der Waals surface area contributed by atoms with E-state index >= 15 is 0 Å². The van der Waals surface area contributed by atoms with Crippen molar-refractivity contribution in [3.8, 4) is 0 Å². The minimum Gasteiger partial charge on any atom is -0.313 e. The van der Waals surface area contributed by atoms with Crippen LogP contribution >= 0.6 is 0 Å². The van der Waals surface area contributed by atoms with Crippen molar-refractivity contribution in [3.05, 3.63) is 35.6 Å². The van der Waals surface area contributed by atoms with Crippen molar-refractivity contribution in [2.24, 2.45) is 0 Å². The van der Waals surface area contributed by atoms with E-state index in [1.54, 1.807) is 12.1 Å². The number of likely N-dealkylation sites (N-methyl/N-ethyl adjacent to an activating group) is 1. The van der Waals surface area contributed by atoms with E-state index < -0.39 is 0 Å². The SMILES string of the molecule is CCC1CN(CCC(NC)c2cccc(F)c2)CCN1C. The Hall–Kier alpha value is -0.970. The molecule has 0 saturated carbocycles. The molecule has 0 aliphatic carbocycles. The first-order valence-corrected chi connectivity index (χ1v) is 7.99. The van der Waals surface area contributed by atoms with E-state index in [1.807, 2.05) is 13.1 Å². The molecule has 2 atom stereocenters. The summed E-state index contributed by atoms with van der Waals surface area (Å²) in [6, 6.07) is 7.82.